The zero-order valence-corrected chi connectivity index (χ0v) is 15.4. The number of rotatable bonds is 7. The smallest absolute Gasteiger partial charge is 0.203 e. The van der Waals surface area contributed by atoms with E-state index in [0.29, 0.717) is 6.54 Å². The highest BCUT2D eigenvalue weighted by atomic mass is 16.5. The minimum absolute atomic E-state index is 0.597. The Hall–Kier alpha value is -3.15. The number of nitrogens with one attached hydrogen (secondary N) is 1. The molecule has 3 rings (SSSR count). The molecule has 0 atom stereocenters. The molecule has 0 fully saturated rings. The Morgan fingerprint density at radius 2 is 1.62 bits per heavy atom. The SMILES string of the molecule is COc1ccc(-c2cnc(NCc3ccc(OC)cc3OC)n2C)cc1. The van der Waals surface area contributed by atoms with Crippen LogP contribution in [-0.4, -0.2) is 30.9 Å². The van der Waals surface area contributed by atoms with Crippen molar-refractivity contribution in [3.05, 3.63) is 54.2 Å². The Labute approximate surface area is 153 Å². The third-order valence-corrected chi connectivity index (χ3v) is 4.31. The largest absolute Gasteiger partial charge is 0.497 e. The van der Waals surface area contributed by atoms with Crippen LogP contribution in [0.25, 0.3) is 11.3 Å². The molecule has 0 saturated heterocycles. The van der Waals surface area contributed by atoms with Gasteiger partial charge in [-0.3, -0.25) is 0 Å². The van der Waals surface area contributed by atoms with E-state index < -0.39 is 0 Å². The van der Waals surface area contributed by atoms with Crippen molar-refractivity contribution in [2.24, 2.45) is 7.05 Å². The minimum atomic E-state index is 0.597. The molecule has 0 spiro atoms. The summed E-state index contributed by atoms with van der Waals surface area (Å²) in [5.74, 6) is 3.17. The summed E-state index contributed by atoms with van der Waals surface area (Å²) in [6.45, 7) is 0.597. The molecule has 3 aromatic rings. The molecule has 0 radical (unpaired) electrons. The van der Waals surface area contributed by atoms with E-state index >= 15 is 0 Å². The van der Waals surface area contributed by atoms with Gasteiger partial charge in [0.05, 0.1) is 33.2 Å². The molecule has 2 aromatic carbocycles. The van der Waals surface area contributed by atoms with Gasteiger partial charge in [0.2, 0.25) is 5.95 Å². The molecular formula is C20H23N3O3. The van der Waals surface area contributed by atoms with Crippen molar-refractivity contribution < 1.29 is 14.2 Å². The highest BCUT2D eigenvalue weighted by Crippen LogP contribution is 2.27. The molecule has 0 amide bonds. The first-order chi connectivity index (χ1) is 12.7. The molecule has 0 bridgehead atoms. The number of nitrogens with zero attached hydrogens (tertiary/aromatic N) is 2. The molecule has 0 saturated carbocycles. The van der Waals surface area contributed by atoms with Gasteiger partial charge < -0.3 is 24.1 Å². The predicted octanol–water partition coefficient (Wildman–Crippen LogP) is 3.73. The van der Waals surface area contributed by atoms with E-state index in [4.69, 9.17) is 14.2 Å². The topological polar surface area (TPSA) is 57.5 Å². The van der Waals surface area contributed by atoms with Gasteiger partial charge in [0.1, 0.15) is 17.2 Å². The van der Waals surface area contributed by atoms with Crippen LogP contribution in [0.5, 0.6) is 17.2 Å². The number of imidazole rings is 1. The van der Waals surface area contributed by atoms with E-state index in [-0.39, 0.29) is 0 Å². The number of benzene rings is 2. The fraction of sp³-hybridized carbons (Fsp3) is 0.250. The monoisotopic (exact) mass is 353 g/mol. The first kappa shape index (κ1) is 17.7. The summed E-state index contributed by atoms with van der Waals surface area (Å²) in [7, 11) is 6.94. The molecule has 26 heavy (non-hydrogen) atoms. The van der Waals surface area contributed by atoms with Crippen molar-refractivity contribution in [2.45, 2.75) is 6.54 Å². The molecule has 0 aliphatic heterocycles. The van der Waals surface area contributed by atoms with E-state index in [1.165, 1.54) is 0 Å². The third-order valence-electron chi connectivity index (χ3n) is 4.31. The molecule has 6 nitrogen and oxygen atoms in total. The molecular weight excluding hydrogens is 330 g/mol. The second kappa shape index (κ2) is 7.82. The van der Waals surface area contributed by atoms with E-state index in [9.17, 15) is 0 Å². The van der Waals surface area contributed by atoms with Crippen LogP contribution in [0.2, 0.25) is 0 Å². The average Bonchev–Trinajstić information content (AvgIpc) is 3.06. The van der Waals surface area contributed by atoms with Crippen LogP contribution in [0.15, 0.2) is 48.7 Å². The van der Waals surface area contributed by atoms with Crippen LogP contribution in [-0.2, 0) is 13.6 Å². The number of hydrogen-bond acceptors (Lipinski definition) is 5. The molecule has 136 valence electrons. The molecule has 1 heterocycles. The molecule has 1 N–H and O–H groups in total. The number of ether oxygens (including phenoxy) is 3. The summed E-state index contributed by atoms with van der Waals surface area (Å²) >= 11 is 0. The van der Waals surface area contributed by atoms with Gasteiger partial charge in [0, 0.05) is 30.8 Å². The van der Waals surface area contributed by atoms with Gasteiger partial charge in [-0.1, -0.05) is 0 Å². The van der Waals surface area contributed by atoms with Crippen LogP contribution in [0.4, 0.5) is 5.95 Å². The standard InChI is InChI=1S/C20H23N3O3/c1-23-18(14-5-8-16(24-2)9-6-14)13-22-20(23)21-12-15-7-10-17(25-3)11-19(15)26-4/h5-11,13H,12H2,1-4H3,(H,21,22). The van der Waals surface area contributed by atoms with Crippen molar-refractivity contribution in [1.29, 1.82) is 0 Å². The molecule has 1 aromatic heterocycles. The summed E-state index contributed by atoms with van der Waals surface area (Å²) in [4.78, 5) is 4.49. The lowest BCUT2D eigenvalue weighted by Crippen LogP contribution is -2.07. The fourth-order valence-electron chi connectivity index (χ4n) is 2.78. The lowest BCUT2D eigenvalue weighted by molar-refractivity contribution is 0.391. The maximum absolute atomic E-state index is 5.44. The second-order valence-electron chi connectivity index (χ2n) is 5.79. The number of anilines is 1. The lowest BCUT2D eigenvalue weighted by Gasteiger charge is -2.12. The Balaban J connectivity index is 1.76. The van der Waals surface area contributed by atoms with Crippen molar-refractivity contribution in [3.8, 4) is 28.5 Å². The quantitative estimate of drug-likeness (QED) is 0.701. The van der Waals surface area contributed by atoms with E-state index in [1.54, 1.807) is 21.3 Å². The highest BCUT2D eigenvalue weighted by molar-refractivity contribution is 5.62. The van der Waals surface area contributed by atoms with Crippen LogP contribution in [0.1, 0.15) is 5.56 Å². The Bertz CT molecular complexity index is 873. The zero-order valence-electron chi connectivity index (χ0n) is 15.4. The highest BCUT2D eigenvalue weighted by Gasteiger charge is 2.10. The maximum Gasteiger partial charge on any atom is 0.203 e. The van der Waals surface area contributed by atoms with Gasteiger partial charge in [-0.25, -0.2) is 4.98 Å². The summed E-state index contributed by atoms with van der Waals surface area (Å²) < 4.78 is 17.9. The van der Waals surface area contributed by atoms with Gasteiger partial charge in [-0.2, -0.15) is 0 Å². The molecule has 0 aliphatic rings. The lowest BCUT2D eigenvalue weighted by atomic mass is 10.1. The van der Waals surface area contributed by atoms with Crippen LogP contribution < -0.4 is 19.5 Å². The van der Waals surface area contributed by atoms with Gasteiger partial charge in [-0.15, -0.1) is 0 Å². The zero-order chi connectivity index (χ0) is 18.5. The maximum atomic E-state index is 5.44. The molecule has 0 aliphatic carbocycles. The first-order valence-corrected chi connectivity index (χ1v) is 8.27. The predicted molar refractivity (Wildman–Crippen MR) is 102 cm³/mol. The molecule has 6 heteroatoms. The van der Waals surface area contributed by atoms with Crippen LogP contribution >= 0.6 is 0 Å². The summed E-state index contributed by atoms with van der Waals surface area (Å²) in [6, 6.07) is 13.7. The number of aromatic nitrogens is 2. The van der Waals surface area contributed by atoms with Crippen LogP contribution in [0.3, 0.4) is 0 Å². The van der Waals surface area contributed by atoms with Crippen molar-refractivity contribution in [2.75, 3.05) is 26.6 Å². The third kappa shape index (κ3) is 3.59. The number of hydrogen-bond donors (Lipinski definition) is 1. The van der Waals surface area contributed by atoms with Crippen molar-refractivity contribution in [3.63, 3.8) is 0 Å². The average molecular weight is 353 g/mol. The van der Waals surface area contributed by atoms with E-state index in [1.807, 2.05) is 60.3 Å². The van der Waals surface area contributed by atoms with Gasteiger partial charge in [-0.05, 0) is 36.4 Å². The van der Waals surface area contributed by atoms with Crippen molar-refractivity contribution >= 4 is 5.95 Å². The first-order valence-electron chi connectivity index (χ1n) is 8.27. The van der Waals surface area contributed by atoms with Crippen molar-refractivity contribution in [1.82, 2.24) is 9.55 Å². The summed E-state index contributed by atoms with van der Waals surface area (Å²) in [5.41, 5.74) is 3.13. The molecule has 0 unspecified atom stereocenters. The second-order valence-corrected chi connectivity index (χ2v) is 5.79. The van der Waals surface area contributed by atoms with Gasteiger partial charge in [0.25, 0.3) is 0 Å². The minimum Gasteiger partial charge on any atom is -0.497 e. The Kier molecular flexibility index (Phi) is 5.31. The normalized spacial score (nSPS) is 10.5. The fourth-order valence-corrected chi connectivity index (χ4v) is 2.78. The Morgan fingerprint density at radius 3 is 2.27 bits per heavy atom. The van der Waals surface area contributed by atoms with Gasteiger partial charge in [0.15, 0.2) is 0 Å². The van der Waals surface area contributed by atoms with Crippen LogP contribution in [0, 0.1) is 0 Å². The van der Waals surface area contributed by atoms with E-state index in [0.717, 1.165) is 40.0 Å². The number of methoxy groups -OCH3 is 3. The van der Waals surface area contributed by atoms with Gasteiger partial charge >= 0.3 is 0 Å². The summed E-state index contributed by atoms with van der Waals surface area (Å²) in [5, 5.41) is 3.36. The van der Waals surface area contributed by atoms with E-state index in [2.05, 4.69) is 10.3 Å². The Morgan fingerprint density at radius 1 is 0.923 bits per heavy atom. The summed E-state index contributed by atoms with van der Waals surface area (Å²) in [6.07, 6.45) is 1.86.